The predicted molar refractivity (Wildman–Crippen MR) is 273 cm³/mol. The average molecular weight is 831 g/mol. The molecule has 0 radical (unpaired) electrons. The lowest BCUT2D eigenvalue weighted by Crippen LogP contribution is -2.60. The van der Waals surface area contributed by atoms with E-state index in [2.05, 4.69) is 229 Å². The van der Waals surface area contributed by atoms with Gasteiger partial charge in [-0.15, -0.1) is 11.3 Å². The first-order valence-electron chi connectivity index (χ1n) is 22.6. The maximum atomic E-state index is 2.71. The van der Waals surface area contributed by atoms with Crippen LogP contribution in [0.2, 0.25) is 0 Å². The summed E-state index contributed by atoms with van der Waals surface area (Å²) < 4.78 is 2.67. The highest BCUT2D eigenvalue weighted by molar-refractivity contribution is 7.32. The van der Waals surface area contributed by atoms with Gasteiger partial charge in [-0.05, 0) is 114 Å². The summed E-state index contributed by atoms with van der Waals surface area (Å²) in [4.78, 5) is 5.38. The van der Waals surface area contributed by atoms with E-state index in [4.69, 9.17) is 0 Å². The van der Waals surface area contributed by atoms with Gasteiger partial charge in [0.25, 0.3) is 0 Å². The summed E-state index contributed by atoms with van der Waals surface area (Å²) in [5.41, 5.74) is 20.8. The molecule has 3 heterocycles. The quantitative estimate of drug-likeness (QED) is 0.164. The Bertz CT molecular complexity index is 3340. The van der Waals surface area contributed by atoms with Gasteiger partial charge in [0.15, 0.2) is 0 Å². The molecule has 306 valence electrons. The fourth-order valence-corrected chi connectivity index (χ4v) is 12.4. The molecular formula is C59H51BN2S. The maximum Gasteiger partial charge on any atom is 0.343 e. The average Bonchev–Trinajstić information content (AvgIpc) is 3.78. The van der Waals surface area contributed by atoms with E-state index in [0.717, 1.165) is 0 Å². The zero-order valence-corrected chi connectivity index (χ0v) is 38.3. The van der Waals surface area contributed by atoms with Crippen LogP contribution in [-0.2, 0) is 16.2 Å². The van der Waals surface area contributed by atoms with Gasteiger partial charge in [-0.25, -0.2) is 0 Å². The van der Waals surface area contributed by atoms with Crippen LogP contribution in [0.1, 0.15) is 77.6 Å². The Morgan fingerprint density at radius 1 is 0.508 bits per heavy atom. The van der Waals surface area contributed by atoms with Crippen molar-refractivity contribution < 1.29 is 0 Å². The van der Waals surface area contributed by atoms with Gasteiger partial charge in [0.1, 0.15) is 0 Å². The summed E-state index contributed by atoms with van der Waals surface area (Å²) in [5, 5.41) is 3.84. The van der Waals surface area contributed by atoms with Crippen molar-refractivity contribution in [3.05, 3.63) is 186 Å². The second kappa shape index (κ2) is 13.3. The van der Waals surface area contributed by atoms with Crippen LogP contribution >= 0.6 is 11.3 Å². The van der Waals surface area contributed by atoms with Crippen LogP contribution in [0.25, 0.3) is 54.2 Å². The largest absolute Gasteiger partial charge is 0.376 e. The molecule has 2 aliphatic heterocycles. The molecule has 0 N–H and O–H groups in total. The fourth-order valence-electron chi connectivity index (χ4n) is 11.1. The number of fused-ring (bicyclic) bond motifs is 12. The number of thiophene rings is 1. The topological polar surface area (TPSA) is 6.48 Å². The molecule has 4 heteroatoms. The van der Waals surface area contributed by atoms with Crippen molar-refractivity contribution in [1.29, 1.82) is 0 Å². The van der Waals surface area contributed by atoms with Crippen molar-refractivity contribution in [1.82, 2.24) is 0 Å². The SMILES string of the molecule is CC(C)(C)c1ccc(N2B3c4sc5ccccc5c4N(c4ccc(C(C)(C)C)cc4-c4ccccc4)c4cc5ccccc5c(c43)-c3c2ccc2c3-c3ccccc3C2(C)C)cc1. The van der Waals surface area contributed by atoms with Crippen LogP contribution in [-0.4, -0.2) is 6.85 Å². The Labute approximate surface area is 376 Å². The minimum atomic E-state index is -0.147. The van der Waals surface area contributed by atoms with E-state index in [1.165, 1.54) is 115 Å². The molecule has 0 amide bonds. The Morgan fingerprint density at radius 2 is 1.16 bits per heavy atom. The van der Waals surface area contributed by atoms with E-state index in [0.29, 0.717) is 0 Å². The molecular weight excluding hydrogens is 780 g/mol. The Hall–Kier alpha value is -6.36. The van der Waals surface area contributed by atoms with Crippen LogP contribution in [0.3, 0.4) is 0 Å². The molecule has 0 spiro atoms. The minimum absolute atomic E-state index is 0.0192. The monoisotopic (exact) mass is 830 g/mol. The van der Waals surface area contributed by atoms with Crippen LogP contribution < -0.4 is 20.0 Å². The van der Waals surface area contributed by atoms with Gasteiger partial charge in [-0.1, -0.05) is 177 Å². The molecule has 0 bridgehead atoms. The third kappa shape index (κ3) is 5.50. The molecule has 1 aliphatic carbocycles. The van der Waals surface area contributed by atoms with Crippen molar-refractivity contribution in [2.45, 2.75) is 71.6 Å². The fraction of sp³-hybridized carbons (Fsp3) is 0.186. The lowest BCUT2D eigenvalue weighted by Gasteiger charge is -2.46. The second-order valence-electron chi connectivity index (χ2n) is 20.5. The summed E-state index contributed by atoms with van der Waals surface area (Å²) in [5.74, 6) is 0. The molecule has 8 aromatic carbocycles. The normalized spacial score (nSPS) is 14.7. The highest BCUT2D eigenvalue weighted by Crippen LogP contribution is 2.59. The Kier molecular flexibility index (Phi) is 8.11. The van der Waals surface area contributed by atoms with Gasteiger partial charge < -0.3 is 9.71 Å². The second-order valence-corrected chi connectivity index (χ2v) is 21.6. The lowest BCUT2D eigenvalue weighted by atomic mass is 9.46. The van der Waals surface area contributed by atoms with Crippen LogP contribution in [0.15, 0.2) is 164 Å². The van der Waals surface area contributed by atoms with Gasteiger partial charge in [0.2, 0.25) is 0 Å². The van der Waals surface area contributed by atoms with Crippen LogP contribution in [0.4, 0.5) is 28.4 Å². The summed E-state index contributed by atoms with van der Waals surface area (Å²) in [7, 11) is 0. The summed E-state index contributed by atoms with van der Waals surface area (Å²) >= 11 is 1.96. The smallest absolute Gasteiger partial charge is 0.343 e. The molecule has 0 fully saturated rings. The zero-order valence-electron chi connectivity index (χ0n) is 37.5. The van der Waals surface area contributed by atoms with E-state index in [-0.39, 0.29) is 23.1 Å². The first-order valence-corrected chi connectivity index (χ1v) is 23.4. The first-order chi connectivity index (χ1) is 30.3. The molecule has 1 aromatic heterocycles. The minimum Gasteiger partial charge on any atom is -0.376 e. The van der Waals surface area contributed by atoms with Crippen LogP contribution in [0.5, 0.6) is 0 Å². The van der Waals surface area contributed by atoms with E-state index in [1.54, 1.807) is 0 Å². The first kappa shape index (κ1) is 38.3. The summed E-state index contributed by atoms with van der Waals surface area (Å²) in [6, 6.07) is 62.6. The van der Waals surface area contributed by atoms with E-state index >= 15 is 0 Å². The Balaban J connectivity index is 1.27. The maximum absolute atomic E-state index is 2.71. The van der Waals surface area contributed by atoms with Crippen molar-refractivity contribution >= 4 is 77.7 Å². The van der Waals surface area contributed by atoms with Crippen LogP contribution in [0, 0.1) is 0 Å². The molecule has 0 saturated carbocycles. The van der Waals surface area contributed by atoms with Gasteiger partial charge in [0, 0.05) is 48.5 Å². The molecule has 3 aliphatic rings. The van der Waals surface area contributed by atoms with E-state index in [1.807, 2.05) is 11.3 Å². The van der Waals surface area contributed by atoms with E-state index in [9.17, 15) is 0 Å². The number of hydrogen-bond donors (Lipinski definition) is 0. The van der Waals surface area contributed by atoms with Crippen molar-refractivity contribution in [2.75, 3.05) is 9.71 Å². The zero-order chi connectivity index (χ0) is 43.2. The van der Waals surface area contributed by atoms with Crippen molar-refractivity contribution in [2.24, 2.45) is 0 Å². The van der Waals surface area contributed by atoms with Crippen molar-refractivity contribution in [3.8, 4) is 33.4 Å². The van der Waals surface area contributed by atoms with Crippen molar-refractivity contribution in [3.63, 3.8) is 0 Å². The highest BCUT2D eigenvalue weighted by Gasteiger charge is 2.50. The van der Waals surface area contributed by atoms with E-state index < -0.39 is 0 Å². The summed E-state index contributed by atoms with van der Waals surface area (Å²) in [6.07, 6.45) is 0. The highest BCUT2D eigenvalue weighted by atomic mass is 32.1. The number of nitrogens with zero attached hydrogens (tertiary/aromatic N) is 2. The molecule has 0 unspecified atom stereocenters. The Morgan fingerprint density at radius 3 is 1.92 bits per heavy atom. The lowest BCUT2D eigenvalue weighted by molar-refractivity contribution is 0.590. The van der Waals surface area contributed by atoms with Gasteiger partial charge in [-0.3, -0.25) is 0 Å². The molecule has 12 rings (SSSR count). The molecule has 0 saturated heterocycles. The molecule has 2 nitrogen and oxygen atoms in total. The predicted octanol–water partition coefficient (Wildman–Crippen LogP) is 15.3. The van der Waals surface area contributed by atoms with Gasteiger partial charge in [0.05, 0.1) is 11.4 Å². The number of benzene rings is 8. The summed E-state index contributed by atoms with van der Waals surface area (Å²) in [6.45, 7) is 18.7. The van der Waals surface area contributed by atoms with Gasteiger partial charge >= 0.3 is 6.85 Å². The number of anilines is 5. The standard InChI is InChI=1S/C59H51BN2S/c1-57(2,3)38-26-29-40(30-27-38)62-48-33-31-46-51(42-22-14-16-24-45(42)59(46,7)8)53(48)52-41-21-13-12-20-37(41)34-49-54(52)60(62)56-55(43-23-15-17-25-50(43)63-56)61(49)47-32-28-39(58(4,5)6)35-44(47)36-18-10-9-11-19-36/h9-35H,1-8H3. The number of rotatable bonds is 3. The molecule has 9 aromatic rings. The molecule has 63 heavy (non-hydrogen) atoms. The molecule has 0 atom stereocenters. The third-order valence-electron chi connectivity index (χ3n) is 14.3. The third-order valence-corrected chi connectivity index (χ3v) is 15.6. The number of hydrogen-bond acceptors (Lipinski definition) is 3. The van der Waals surface area contributed by atoms with Gasteiger partial charge in [-0.2, -0.15) is 0 Å².